The molecule has 31 heavy (non-hydrogen) atoms. The van der Waals surface area contributed by atoms with Crippen molar-refractivity contribution in [2.45, 2.75) is 61.8 Å². The van der Waals surface area contributed by atoms with Crippen molar-refractivity contribution < 1.29 is 51.0 Å². The van der Waals surface area contributed by atoms with Crippen molar-refractivity contribution in [1.29, 1.82) is 0 Å². The van der Waals surface area contributed by atoms with Crippen molar-refractivity contribution in [3.05, 3.63) is 76.4 Å². The van der Waals surface area contributed by atoms with Crippen molar-refractivity contribution in [3.63, 3.8) is 0 Å². The van der Waals surface area contributed by atoms with Gasteiger partial charge in [0.05, 0.1) is 0 Å². The molecule has 0 radical (unpaired) electrons. The molecule has 0 N–H and O–H groups in total. The van der Waals surface area contributed by atoms with Crippen molar-refractivity contribution in [3.8, 4) is 0 Å². The van der Waals surface area contributed by atoms with Gasteiger partial charge in [0.25, 0.3) is 0 Å². The molecule has 1 aliphatic carbocycles. The van der Waals surface area contributed by atoms with E-state index in [-0.39, 0.29) is 51.0 Å². The molecule has 0 saturated carbocycles. The number of rotatable bonds is 1. The number of aryl methyl sites for hydroxylation is 4. The van der Waals surface area contributed by atoms with Gasteiger partial charge in [-0.05, 0) is 27.7 Å². The van der Waals surface area contributed by atoms with E-state index in [1.54, 1.807) is 0 Å². The van der Waals surface area contributed by atoms with Crippen molar-refractivity contribution in [1.82, 2.24) is 0 Å². The second kappa shape index (κ2) is 11.9. The fourth-order valence-electron chi connectivity index (χ4n) is 3.76. The first kappa shape index (κ1) is 30.3. The van der Waals surface area contributed by atoms with E-state index < -0.39 is 0 Å². The standard InChI is InChI=1S/C17H17.C11H17.2ClH.Zr/c1-10-5-14-9-15-6-11(2)13(4)8-17(15)16(14)7-12(10)3;1-5-9-6-7-10(8-9)11(2,3)4;;;/h5-9H,1-4H3;7-9H,5H2,1-4H3;2*1H;/q2*-1;;;+4/p-2. The summed E-state index contributed by atoms with van der Waals surface area (Å²) in [4.78, 5) is 0. The molecule has 0 fully saturated rings. The Morgan fingerprint density at radius 3 is 1.55 bits per heavy atom. The second-order valence-corrected chi connectivity index (χ2v) is 9.39. The summed E-state index contributed by atoms with van der Waals surface area (Å²) in [5, 5.41) is 5.53. The van der Waals surface area contributed by atoms with E-state index in [1.807, 2.05) is 0 Å². The van der Waals surface area contributed by atoms with Crippen molar-refractivity contribution >= 4 is 21.5 Å². The van der Waals surface area contributed by atoms with Gasteiger partial charge in [0.1, 0.15) is 0 Å². The summed E-state index contributed by atoms with van der Waals surface area (Å²) in [6.45, 7) is 17.7. The Hall–Kier alpha value is -0.747. The molecule has 0 bridgehead atoms. The first-order valence-corrected chi connectivity index (χ1v) is 10.5. The largest absolute Gasteiger partial charge is 4.00 e. The molecular formula is C28H34Cl2Zr. The van der Waals surface area contributed by atoms with Crippen LogP contribution in [0.15, 0.2) is 48.1 Å². The third-order valence-corrected chi connectivity index (χ3v) is 6.07. The molecule has 164 valence electrons. The second-order valence-electron chi connectivity index (χ2n) is 9.39. The molecule has 0 saturated heterocycles. The normalized spacial score (nSPS) is 14.8. The van der Waals surface area contributed by atoms with Gasteiger partial charge in [0, 0.05) is 0 Å². The topological polar surface area (TPSA) is 0 Å². The van der Waals surface area contributed by atoms with E-state index in [0.717, 1.165) is 0 Å². The minimum absolute atomic E-state index is 0. The van der Waals surface area contributed by atoms with E-state index in [0.29, 0.717) is 11.3 Å². The molecule has 1 unspecified atom stereocenters. The number of hydrogen-bond acceptors (Lipinski definition) is 0. The zero-order valence-electron chi connectivity index (χ0n) is 20.1. The number of hydrogen-bond donors (Lipinski definition) is 0. The average Bonchev–Trinajstić information content (AvgIpc) is 3.22. The van der Waals surface area contributed by atoms with Gasteiger partial charge in [0.15, 0.2) is 0 Å². The zero-order chi connectivity index (χ0) is 20.6. The van der Waals surface area contributed by atoms with Gasteiger partial charge >= 0.3 is 26.2 Å². The number of benzene rings is 2. The first-order valence-electron chi connectivity index (χ1n) is 10.5. The van der Waals surface area contributed by atoms with Crippen LogP contribution in [0.2, 0.25) is 0 Å². The summed E-state index contributed by atoms with van der Waals surface area (Å²) in [7, 11) is 0. The number of allylic oxidation sites excluding steroid dienone is 4. The maximum absolute atomic E-state index is 3.35. The smallest absolute Gasteiger partial charge is 1.00 e. The molecule has 0 aromatic heterocycles. The Kier molecular flexibility index (Phi) is 11.6. The predicted molar refractivity (Wildman–Crippen MR) is 125 cm³/mol. The summed E-state index contributed by atoms with van der Waals surface area (Å²) in [5.74, 6) is 0.573. The van der Waals surface area contributed by atoms with Crippen LogP contribution in [-0.2, 0) is 26.2 Å². The summed E-state index contributed by atoms with van der Waals surface area (Å²) < 4.78 is 0. The van der Waals surface area contributed by atoms with E-state index in [1.165, 1.54) is 55.8 Å². The molecule has 0 heterocycles. The van der Waals surface area contributed by atoms with Crippen LogP contribution in [0.25, 0.3) is 21.5 Å². The van der Waals surface area contributed by atoms with Crippen LogP contribution in [0.1, 0.15) is 56.4 Å². The predicted octanol–water partition coefficient (Wildman–Crippen LogP) is 2.31. The monoisotopic (exact) mass is 530 g/mol. The SMILES string of the molecule is CCC1[C-]=CC(C(C)(C)C)=C1.Cc1cc2[cH-]c3cc(C)c(C)cc3c2cc1C.[Cl-].[Cl-].[Zr+4]. The maximum Gasteiger partial charge on any atom is 4.00 e. The fraction of sp³-hybridized carbons (Fsp3) is 0.393. The van der Waals surface area contributed by atoms with Crippen LogP contribution in [-0.4, -0.2) is 0 Å². The third kappa shape index (κ3) is 6.87. The van der Waals surface area contributed by atoms with Gasteiger partial charge in [-0.2, -0.15) is 11.6 Å². The molecule has 0 spiro atoms. The average molecular weight is 533 g/mol. The molecule has 0 amide bonds. The molecule has 0 nitrogen and oxygen atoms in total. The fourth-order valence-corrected chi connectivity index (χ4v) is 3.76. The van der Waals surface area contributed by atoms with E-state index in [9.17, 15) is 0 Å². The van der Waals surface area contributed by atoms with Crippen LogP contribution >= 0.6 is 0 Å². The minimum Gasteiger partial charge on any atom is -1.00 e. The summed E-state index contributed by atoms with van der Waals surface area (Å²) in [6.07, 6.45) is 9.00. The number of fused-ring (bicyclic) bond motifs is 3. The molecule has 4 rings (SSSR count). The molecule has 1 aliphatic rings. The molecule has 3 aromatic rings. The Morgan fingerprint density at radius 1 is 0.806 bits per heavy atom. The molecule has 3 heteroatoms. The first-order chi connectivity index (χ1) is 13.1. The molecule has 1 atom stereocenters. The van der Waals surface area contributed by atoms with E-state index >= 15 is 0 Å². The summed E-state index contributed by atoms with van der Waals surface area (Å²) in [5.41, 5.74) is 7.25. The zero-order valence-corrected chi connectivity index (χ0v) is 24.1. The van der Waals surface area contributed by atoms with Crippen LogP contribution in [0, 0.1) is 45.1 Å². The Labute approximate surface area is 220 Å². The van der Waals surface area contributed by atoms with Crippen LogP contribution in [0.4, 0.5) is 0 Å². The molecule has 0 aliphatic heterocycles. The van der Waals surface area contributed by atoms with E-state index in [2.05, 4.69) is 104 Å². The van der Waals surface area contributed by atoms with Crippen LogP contribution in [0.5, 0.6) is 0 Å². The van der Waals surface area contributed by atoms with Gasteiger partial charge in [-0.15, -0.1) is 39.7 Å². The third-order valence-electron chi connectivity index (χ3n) is 6.07. The quantitative estimate of drug-likeness (QED) is 0.422. The van der Waals surface area contributed by atoms with Crippen LogP contribution in [0.3, 0.4) is 0 Å². The van der Waals surface area contributed by atoms with Gasteiger partial charge in [0.2, 0.25) is 0 Å². The van der Waals surface area contributed by atoms with E-state index in [4.69, 9.17) is 0 Å². The minimum atomic E-state index is 0. The summed E-state index contributed by atoms with van der Waals surface area (Å²) in [6, 6.07) is 11.6. The Balaban J connectivity index is 0.000000572. The van der Waals surface area contributed by atoms with Crippen molar-refractivity contribution in [2.24, 2.45) is 11.3 Å². The Bertz CT molecular complexity index is 1020. The molecule has 3 aromatic carbocycles. The van der Waals surface area contributed by atoms with Gasteiger partial charge < -0.3 is 24.8 Å². The van der Waals surface area contributed by atoms with Gasteiger partial charge in [-0.25, -0.2) is 6.08 Å². The maximum atomic E-state index is 3.35. The molecular weight excluding hydrogens is 498 g/mol. The van der Waals surface area contributed by atoms with Crippen molar-refractivity contribution in [2.75, 3.05) is 0 Å². The van der Waals surface area contributed by atoms with Gasteiger partial charge in [-0.1, -0.05) is 79.8 Å². The van der Waals surface area contributed by atoms with Gasteiger partial charge in [-0.3, -0.25) is 6.08 Å². The van der Waals surface area contributed by atoms with Crippen LogP contribution < -0.4 is 24.8 Å². The summed E-state index contributed by atoms with van der Waals surface area (Å²) >= 11 is 0. The number of halogens is 2. The Morgan fingerprint density at radius 2 is 1.23 bits per heavy atom.